The van der Waals surface area contributed by atoms with Crippen LogP contribution in [0.2, 0.25) is 0 Å². The van der Waals surface area contributed by atoms with E-state index in [4.69, 9.17) is 0 Å². The van der Waals surface area contributed by atoms with E-state index in [2.05, 4.69) is 89.6 Å². The van der Waals surface area contributed by atoms with Gasteiger partial charge in [-0.05, 0) is 40.8 Å². The van der Waals surface area contributed by atoms with E-state index < -0.39 is 0 Å². The molecule has 20 heavy (non-hydrogen) atoms. The van der Waals surface area contributed by atoms with Gasteiger partial charge in [0.15, 0.2) is 0 Å². The molecule has 0 amide bonds. The van der Waals surface area contributed by atoms with Gasteiger partial charge in [0.25, 0.3) is 0 Å². The summed E-state index contributed by atoms with van der Waals surface area (Å²) in [6, 6.07) is 23.8. The van der Waals surface area contributed by atoms with Gasteiger partial charge in [-0.25, -0.2) is 0 Å². The Morgan fingerprint density at radius 1 is 0.800 bits per heavy atom. The molecule has 0 aromatic heterocycles. The van der Waals surface area contributed by atoms with E-state index in [1.165, 1.54) is 27.5 Å². The van der Waals surface area contributed by atoms with Crippen LogP contribution in [0.4, 0.5) is 0 Å². The maximum Gasteiger partial charge on any atom is 0.0441 e. The molecular formula is C19H17Br. The zero-order chi connectivity index (χ0) is 13.9. The van der Waals surface area contributed by atoms with Crippen LogP contribution >= 0.6 is 15.9 Å². The quantitative estimate of drug-likeness (QED) is 0.532. The minimum absolute atomic E-state index is 0.343. The van der Waals surface area contributed by atoms with Crippen LogP contribution in [-0.4, -0.2) is 0 Å². The third-order valence-electron chi connectivity index (χ3n) is 3.77. The Balaban J connectivity index is 2.00. The zero-order valence-electron chi connectivity index (χ0n) is 11.5. The van der Waals surface area contributed by atoms with Crippen molar-refractivity contribution in [1.29, 1.82) is 0 Å². The Kier molecular flexibility index (Phi) is 3.88. The molecule has 0 N–H and O–H groups in total. The Hall–Kier alpha value is -1.60. The highest BCUT2D eigenvalue weighted by molar-refractivity contribution is 9.09. The van der Waals surface area contributed by atoms with Gasteiger partial charge in [-0.1, -0.05) is 82.7 Å². The molecule has 0 heterocycles. The lowest BCUT2D eigenvalue weighted by atomic mass is 9.96. The van der Waals surface area contributed by atoms with E-state index in [-0.39, 0.29) is 0 Å². The summed E-state index contributed by atoms with van der Waals surface area (Å²) in [6.45, 7) is 2.17. The molecule has 0 nitrogen and oxygen atoms in total. The molecule has 0 spiro atoms. The monoisotopic (exact) mass is 324 g/mol. The van der Waals surface area contributed by atoms with E-state index in [1.807, 2.05) is 0 Å². The molecule has 1 unspecified atom stereocenters. The summed E-state index contributed by atoms with van der Waals surface area (Å²) in [4.78, 5) is 0.343. The number of rotatable bonds is 3. The van der Waals surface area contributed by atoms with Crippen LogP contribution in [0, 0.1) is 6.92 Å². The first-order chi connectivity index (χ1) is 9.75. The standard InChI is InChI=1S/C19H17Br/c1-14-11-12-18(17-10-6-5-9-16(14)17)19(20)13-15-7-3-2-4-8-15/h2-12,19H,13H2,1H3. The van der Waals surface area contributed by atoms with Crippen molar-refractivity contribution in [2.24, 2.45) is 0 Å². The zero-order valence-corrected chi connectivity index (χ0v) is 13.1. The normalized spacial score (nSPS) is 12.5. The molecule has 3 aromatic carbocycles. The summed E-state index contributed by atoms with van der Waals surface area (Å²) < 4.78 is 0. The SMILES string of the molecule is Cc1ccc(C(Br)Cc2ccccc2)c2ccccc12. The molecule has 0 aliphatic rings. The molecule has 0 radical (unpaired) electrons. The average molecular weight is 325 g/mol. The fraction of sp³-hybridized carbons (Fsp3) is 0.158. The van der Waals surface area contributed by atoms with Gasteiger partial charge >= 0.3 is 0 Å². The minimum Gasteiger partial charge on any atom is -0.0835 e. The van der Waals surface area contributed by atoms with Gasteiger partial charge in [0.2, 0.25) is 0 Å². The lowest BCUT2D eigenvalue weighted by molar-refractivity contribution is 0.957. The molecule has 0 fully saturated rings. The Morgan fingerprint density at radius 3 is 2.20 bits per heavy atom. The number of halogens is 1. The fourth-order valence-electron chi connectivity index (χ4n) is 2.68. The first-order valence-corrected chi connectivity index (χ1v) is 7.83. The number of alkyl halides is 1. The molecule has 0 aliphatic carbocycles. The smallest absolute Gasteiger partial charge is 0.0441 e. The van der Waals surface area contributed by atoms with Gasteiger partial charge in [-0.3, -0.25) is 0 Å². The van der Waals surface area contributed by atoms with Crippen molar-refractivity contribution in [2.45, 2.75) is 18.2 Å². The first kappa shape index (κ1) is 13.4. The van der Waals surface area contributed by atoms with Crippen molar-refractivity contribution in [1.82, 2.24) is 0 Å². The van der Waals surface area contributed by atoms with Crippen LogP contribution in [0.25, 0.3) is 10.8 Å². The second-order valence-electron chi connectivity index (χ2n) is 5.17. The number of fused-ring (bicyclic) bond motifs is 1. The number of aryl methyl sites for hydroxylation is 1. The lowest BCUT2D eigenvalue weighted by Crippen LogP contribution is -1.97. The molecule has 1 heteroatoms. The number of benzene rings is 3. The Morgan fingerprint density at radius 2 is 1.45 bits per heavy atom. The van der Waals surface area contributed by atoms with Gasteiger partial charge in [-0.15, -0.1) is 0 Å². The van der Waals surface area contributed by atoms with Crippen LogP contribution < -0.4 is 0 Å². The van der Waals surface area contributed by atoms with E-state index in [1.54, 1.807) is 0 Å². The number of hydrogen-bond donors (Lipinski definition) is 0. The second-order valence-corrected chi connectivity index (χ2v) is 6.28. The summed E-state index contributed by atoms with van der Waals surface area (Å²) >= 11 is 3.87. The van der Waals surface area contributed by atoms with Crippen LogP contribution in [0.15, 0.2) is 66.7 Å². The minimum atomic E-state index is 0.343. The lowest BCUT2D eigenvalue weighted by Gasteiger charge is -2.14. The van der Waals surface area contributed by atoms with Crippen LogP contribution in [0.1, 0.15) is 21.5 Å². The van der Waals surface area contributed by atoms with Gasteiger partial charge in [-0.2, -0.15) is 0 Å². The van der Waals surface area contributed by atoms with Crippen molar-refractivity contribution in [3.8, 4) is 0 Å². The molecule has 0 saturated heterocycles. The summed E-state index contributed by atoms with van der Waals surface area (Å²) in [5.74, 6) is 0. The largest absolute Gasteiger partial charge is 0.0835 e. The summed E-state index contributed by atoms with van der Waals surface area (Å²) in [5.41, 5.74) is 4.07. The Labute approximate surface area is 128 Å². The Bertz CT molecular complexity index is 716. The molecular weight excluding hydrogens is 308 g/mol. The molecule has 0 saturated carbocycles. The third-order valence-corrected chi connectivity index (χ3v) is 4.59. The average Bonchev–Trinajstić information content (AvgIpc) is 2.49. The predicted octanol–water partition coefficient (Wildman–Crippen LogP) is 5.83. The van der Waals surface area contributed by atoms with Crippen molar-refractivity contribution in [3.05, 3.63) is 83.4 Å². The van der Waals surface area contributed by atoms with E-state index >= 15 is 0 Å². The maximum atomic E-state index is 3.87. The molecule has 0 aliphatic heterocycles. The van der Waals surface area contributed by atoms with Gasteiger partial charge in [0.05, 0.1) is 0 Å². The molecule has 0 bridgehead atoms. The molecule has 100 valence electrons. The molecule has 3 rings (SSSR count). The highest BCUT2D eigenvalue weighted by Crippen LogP contribution is 2.33. The maximum absolute atomic E-state index is 3.87. The van der Waals surface area contributed by atoms with E-state index in [0.717, 1.165) is 6.42 Å². The summed E-state index contributed by atoms with van der Waals surface area (Å²) in [6.07, 6.45) is 1.01. The molecule has 3 aromatic rings. The third kappa shape index (κ3) is 2.64. The number of hydrogen-bond acceptors (Lipinski definition) is 0. The highest BCUT2D eigenvalue weighted by Gasteiger charge is 2.12. The van der Waals surface area contributed by atoms with Crippen molar-refractivity contribution in [3.63, 3.8) is 0 Å². The van der Waals surface area contributed by atoms with Gasteiger partial charge in [0.1, 0.15) is 0 Å². The first-order valence-electron chi connectivity index (χ1n) is 6.92. The van der Waals surface area contributed by atoms with Crippen LogP contribution in [-0.2, 0) is 6.42 Å². The second kappa shape index (κ2) is 5.80. The van der Waals surface area contributed by atoms with Gasteiger partial charge in [0, 0.05) is 4.83 Å². The summed E-state index contributed by atoms with van der Waals surface area (Å²) in [5, 5.41) is 2.70. The topological polar surface area (TPSA) is 0 Å². The fourth-order valence-corrected chi connectivity index (χ4v) is 3.45. The van der Waals surface area contributed by atoms with Crippen LogP contribution in [0.5, 0.6) is 0 Å². The van der Waals surface area contributed by atoms with E-state index in [9.17, 15) is 0 Å². The van der Waals surface area contributed by atoms with E-state index in [0.29, 0.717) is 4.83 Å². The highest BCUT2D eigenvalue weighted by atomic mass is 79.9. The predicted molar refractivity (Wildman–Crippen MR) is 90.5 cm³/mol. The van der Waals surface area contributed by atoms with Crippen LogP contribution in [0.3, 0.4) is 0 Å². The van der Waals surface area contributed by atoms with Crippen molar-refractivity contribution in [2.75, 3.05) is 0 Å². The summed E-state index contributed by atoms with van der Waals surface area (Å²) in [7, 11) is 0. The van der Waals surface area contributed by atoms with Crippen molar-refractivity contribution < 1.29 is 0 Å². The molecule has 1 atom stereocenters. The van der Waals surface area contributed by atoms with Crippen molar-refractivity contribution >= 4 is 26.7 Å². The van der Waals surface area contributed by atoms with Gasteiger partial charge < -0.3 is 0 Å².